The predicted molar refractivity (Wildman–Crippen MR) is 64.9 cm³/mol. The van der Waals surface area contributed by atoms with Gasteiger partial charge in [-0.2, -0.15) is 0 Å². The third kappa shape index (κ3) is 1.63. The van der Waals surface area contributed by atoms with Crippen molar-refractivity contribution in [2.75, 3.05) is 0 Å². The minimum Gasteiger partial charge on any atom is -0.481 e. The zero-order valence-corrected chi connectivity index (χ0v) is 9.89. The average Bonchev–Trinajstić information content (AvgIpc) is 2.68. The van der Waals surface area contributed by atoms with Crippen LogP contribution < -0.4 is 0 Å². The lowest BCUT2D eigenvalue weighted by atomic mass is 9.88. The standard InChI is InChI=1S/C13H11FO2S/c14-10-3-1-2-9-8-5-4-7(13(15)16)6-11(8)17-12(9)10/h1-3,7H,4-6H2,(H,15,16)/t7-/m0/s1. The van der Waals surface area contributed by atoms with E-state index in [9.17, 15) is 9.18 Å². The topological polar surface area (TPSA) is 37.3 Å². The zero-order chi connectivity index (χ0) is 12.0. The molecule has 0 unspecified atom stereocenters. The van der Waals surface area contributed by atoms with Crippen LogP contribution in [-0.4, -0.2) is 11.1 Å². The Morgan fingerprint density at radius 2 is 2.29 bits per heavy atom. The highest BCUT2D eigenvalue weighted by molar-refractivity contribution is 7.19. The summed E-state index contributed by atoms with van der Waals surface area (Å²) in [7, 11) is 0. The molecule has 4 heteroatoms. The van der Waals surface area contributed by atoms with Gasteiger partial charge in [-0.3, -0.25) is 4.79 Å². The summed E-state index contributed by atoms with van der Waals surface area (Å²) < 4.78 is 14.3. The molecule has 1 heterocycles. The van der Waals surface area contributed by atoms with Crippen LogP contribution in [0.1, 0.15) is 16.9 Å². The Hall–Kier alpha value is -1.42. The van der Waals surface area contributed by atoms with Crippen LogP contribution in [0.5, 0.6) is 0 Å². The first-order valence-corrected chi connectivity index (χ1v) is 6.40. The van der Waals surface area contributed by atoms with E-state index in [1.54, 1.807) is 6.07 Å². The summed E-state index contributed by atoms with van der Waals surface area (Å²) in [6.07, 6.45) is 1.95. The SMILES string of the molecule is O=C(O)[C@H]1CCc2c(sc3c(F)cccc23)C1. The van der Waals surface area contributed by atoms with Gasteiger partial charge in [-0.1, -0.05) is 12.1 Å². The number of hydrogen-bond donors (Lipinski definition) is 1. The Bertz CT molecular complexity index is 603. The van der Waals surface area contributed by atoms with E-state index in [0.717, 1.165) is 22.2 Å². The Labute approximate surface area is 102 Å². The van der Waals surface area contributed by atoms with Crippen LogP contribution in [0.4, 0.5) is 4.39 Å². The highest BCUT2D eigenvalue weighted by Gasteiger charge is 2.27. The number of carbonyl (C=O) groups is 1. The fourth-order valence-corrected chi connectivity index (χ4v) is 3.81. The summed E-state index contributed by atoms with van der Waals surface area (Å²) in [6, 6.07) is 5.10. The second-order valence-corrected chi connectivity index (χ2v) is 5.50. The van der Waals surface area contributed by atoms with Crippen LogP contribution in [0.3, 0.4) is 0 Å². The first-order chi connectivity index (χ1) is 8.16. The molecule has 0 saturated heterocycles. The number of aryl methyl sites for hydroxylation is 1. The van der Waals surface area contributed by atoms with Gasteiger partial charge >= 0.3 is 5.97 Å². The highest BCUT2D eigenvalue weighted by Crippen LogP contribution is 2.39. The Morgan fingerprint density at radius 3 is 3.06 bits per heavy atom. The number of carboxylic acid groups (broad SMARTS) is 1. The van der Waals surface area contributed by atoms with Crippen molar-refractivity contribution in [2.45, 2.75) is 19.3 Å². The number of rotatable bonds is 1. The third-order valence-corrected chi connectivity index (χ3v) is 4.66. The van der Waals surface area contributed by atoms with Crippen molar-refractivity contribution >= 4 is 27.4 Å². The quantitative estimate of drug-likeness (QED) is 0.843. The molecule has 88 valence electrons. The number of fused-ring (bicyclic) bond motifs is 3. The number of benzene rings is 1. The molecule has 0 saturated carbocycles. The van der Waals surface area contributed by atoms with Gasteiger partial charge in [0.15, 0.2) is 0 Å². The second kappa shape index (κ2) is 3.81. The molecule has 1 aliphatic rings. The highest BCUT2D eigenvalue weighted by atomic mass is 32.1. The minimum atomic E-state index is -0.742. The van der Waals surface area contributed by atoms with Gasteiger partial charge in [-0.25, -0.2) is 4.39 Å². The van der Waals surface area contributed by atoms with Gasteiger partial charge in [0.25, 0.3) is 0 Å². The molecule has 2 aromatic rings. The van der Waals surface area contributed by atoms with E-state index in [2.05, 4.69) is 0 Å². The lowest BCUT2D eigenvalue weighted by molar-refractivity contribution is -0.142. The normalized spacial score (nSPS) is 19.2. The smallest absolute Gasteiger partial charge is 0.306 e. The molecule has 0 radical (unpaired) electrons. The maximum absolute atomic E-state index is 13.6. The summed E-state index contributed by atoms with van der Waals surface area (Å²) >= 11 is 1.41. The van der Waals surface area contributed by atoms with Gasteiger partial charge in [0.1, 0.15) is 5.82 Å². The molecule has 0 aliphatic heterocycles. The molecule has 1 aromatic carbocycles. The van der Waals surface area contributed by atoms with Crippen molar-refractivity contribution in [3.63, 3.8) is 0 Å². The fraction of sp³-hybridized carbons (Fsp3) is 0.308. The molecule has 0 amide bonds. The first kappa shape index (κ1) is 10.7. The largest absolute Gasteiger partial charge is 0.481 e. The fourth-order valence-electron chi connectivity index (χ4n) is 2.48. The van der Waals surface area contributed by atoms with Crippen molar-refractivity contribution in [3.8, 4) is 0 Å². The molecule has 1 aromatic heterocycles. The second-order valence-electron chi connectivity index (χ2n) is 4.40. The average molecular weight is 250 g/mol. The van der Waals surface area contributed by atoms with Crippen molar-refractivity contribution in [2.24, 2.45) is 5.92 Å². The Kier molecular flexibility index (Phi) is 2.40. The van der Waals surface area contributed by atoms with Crippen molar-refractivity contribution in [3.05, 3.63) is 34.5 Å². The minimum absolute atomic E-state index is 0.200. The first-order valence-electron chi connectivity index (χ1n) is 5.58. The third-order valence-electron chi connectivity index (χ3n) is 3.38. The van der Waals surface area contributed by atoms with Gasteiger partial charge in [0.2, 0.25) is 0 Å². The molecular formula is C13H11FO2S. The van der Waals surface area contributed by atoms with E-state index in [0.29, 0.717) is 17.5 Å². The molecular weight excluding hydrogens is 239 g/mol. The lowest BCUT2D eigenvalue weighted by Gasteiger charge is -2.18. The summed E-state index contributed by atoms with van der Waals surface area (Å²) in [6.45, 7) is 0. The number of aliphatic carboxylic acids is 1. The zero-order valence-electron chi connectivity index (χ0n) is 9.07. The van der Waals surface area contributed by atoms with Crippen molar-refractivity contribution in [1.29, 1.82) is 0 Å². The molecule has 2 nitrogen and oxygen atoms in total. The molecule has 3 rings (SSSR count). The summed E-state index contributed by atoms with van der Waals surface area (Å²) in [5.41, 5.74) is 1.15. The molecule has 1 atom stereocenters. The predicted octanol–water partition coefficient (Wildman–Crippen LogP) is 3.23. The monoisotopic (exact) mass is 250 g/mol. The van der Waals surface area contributed by atoms with Gasteiger partial charge in [-0.05, 0) is 36.3 Å². The summed E-state index contributed by atoms with van der Waals surface area (Å²) in [4.78, 5) is 12.0. The number of hydrogen-bond acceptors (Lipinski definition) is 2. The van der Waals surface area contributed by atoms with Crippen LogP contribution in [0.2, 0.25) is 0 Å². The van der Waals surface area contributed by atoms with Gasteiger partial charge in [-0.15, -0.1) is 11.3 Å². The van der Waals surface area contributed by atoms with Gasteiger partial charge in [0, 0.05) is 4.88 Å². The van der Waals surface area contributed by atoms with Crippen LogP contribution in [-0.2, 0) is 17.6 Å². The molecule has 17 heavy (non-hydrogen) atoms. The van der Waals surface area contributed by atoms with Crippen LogP contribution in [0.15, 0.2) is 18.2 Å². The van der Waals surface area contributed by atoms with E-state index in [-0.39, 0.29) is 11.7 Å². The summed E-state index contributed by atoms with van der Waals surface area (Å²) in [5.74, 6) is -1.25. The maximum Gasteiger partial charge on any atom is 0.306 e. The number of carboxylic acids is 1. The van der Waals surface area contributed by atoms with E-state index in [4.69, 9.17) is 5.11 Å². The van der Waals surface area contributed by atoms with E-state index in [1.807, 2.05) is 6.07 Å². The summed E-state index contributed by atoms with van der Waals surface area (Å²) in [5, 5.41) is 9.99. The van der Waals surface area contributed by atoms with Crippen LogP contribution >= 0.6 is 11.3 Å². The molecule has 1 N–H and O–H groups in total. The van der Waals surface area contributed by atoms with E-state index in [1.165, 1.54) is 17.4 Å². The Balaban J connectivity index is 2.13. The molecule has 0 bridgehead atoms. The van der Waals surface area contributed by atoms with Crippen LogP contribution in [0, 0.1) is 11.7 Å². The van der Waals surface area contributed by atoms with Crippen molar-refractivity contribution in [1.82, 2.24) is 0 Å². The lowest BCUT2D eigenvalue weighted by Crippen LogP contribution is -2.20. The molecule has 0 fully saturated rings. The van der Waals surface area contributed by atoms with E-state index >= 15 is 0 Å². The molecule has 1 aliphatic carbocycles. The number of thiophene rings is 1. The number of halogens is 1. The van der Waals surface area contributed by atoms with E-state index < -0.39 is 5.97 Å². The maximum atomic E-state index is 13.6. The van der Waals surface area contributed by atoms with Crippen LogP contribution in [0.25, 0.3) is 10.1 Å². The Morgan fingerprint density at radius 1 is 1.47 bits per heavy atom. The van der Waals surface area contributed by atoms with Gasteiger partial charge < -0.3 is 5.11 Å². The van der Waals surface area contributed by atoms with Gasteiger partial charge in [0.05, 0.1) is 10.6 Å². The molecule has 0 spiro atoms. The van der Waals surface area contributed by atoms with Crippen molar-refractivity contribution < 1.29 is 14.3 Å².